The van der Waals surface area contributed by atoms with Crippen molar-refractivity contribution in [2.45, 2.75) is 45.6 Å². The van der Waals surface area contributed by atoms with Gasteiger partial charge in [-0.2, -0.15) is 0 Å². The molecule has 2 N–H and O–H groups in total. The highest BCUT2D eigenvalue weighted by Crippen LogP contribution is 2.20. The molecular formula is C24H29N3O3S. The van der Waals surface area contributed by atoms with Crippen LogP contribution in [0.25, 0.3) is 0 Å². The third-order valence-electron chi connectivity index (χ3n) is 4.99. The lowest BCUT2D eigenvalue weighted by Crippen LogP contribution is -2.36. The van der Waals surface area contributed by atoms with Gasteiger partial charge >= 0.3 is 0 Å². The smallest absolute Gasteiger partial charge is 0.257 e. The van der Waals surface area contributed by atoms with Crippen molar-refractivity contribution in [1.29, 1.82) is 0 Å². The highest BCUT2D eigenvalue weighted by molar-refractivity contribution is 7.80. The van der Waals surface area contributed by atoms with Gasteiger partial charge in [-0.05, 0) is 69.2 Å². The number of thiocarbonyl (C=S) groups is 1. The van der Waals surface area contributed by atoms with Gasteiger partial charge in [0.2, 0.25) is 0 Å². The van der Waals surface area contributed by atoms with Crippen LogP contribution in [0.5, 0.6) is 5.75 Å². The third kappa shape index (κ3) is 6.52. The van der Waals surface area contributed by atoms with Crippen molar-refractivity contribution in [3.05, 3.63) is 59.7 Å². The molecule has 1 heterocycles. The maximum Gasteiger partial charge on any atom is 0.257 e. The van der Waals surface area contributed by atoms with E-state index >= 15 is 0 Å². The van der Waals surface area contributed by atoms with Crippen LogP contribution in [0.1, 0.15) is 60.2 Å². The lowest BCUT2D eigenvalue weighted by atomic mass is 10.1. The Labute approximate surface area is 189 Å². The number of para-hydroxylation sites is 1. The first-order valence-electron chi connectivity index (χ1n) is 10.7. The lowest BCUT2D eigenvalue weighted by molar-refractivity contribution is 0.0762. The number of carbonyl (C=O) groups is 2. The Bertz CT molecular complexity index is 937. The highest BCUT2D eigenvalue weighted by Gasteiger charge is 2.20. The van der Waals surface area contributed by atoms with E-state index in [1.165, 1.54) is 0 Å². The van der Waals surface area contributed by atoms with Gasteiger partial charge in [0.1, 0.15) is 5.75 Å². The number of benzene rings is 2. The summed E-state index contributed by atoms with van der Waals surface area (Å²) in [6, 6.07) is 14.2. The van der Waals surface area contributed by atoms with Gasteiger partial charge in [-0.1, -0.05) is 31.0 Å². The maximum atomic E-state index is 13.1. The number of likely N-dealkylation sites (tertiary alicyclic amines) is 1. The van der Waals surface area contributed by atoms with E-state index in [9.17, 15) is 9.59 Å². The number of hydrogen-bond donors (Lipinski definition) is 2. The molecule has 0 radical (unpaired) electrons. The van der Waals surface area contributed by atoms with Gasteiger partial charge in [0, 0.05) is 18.7 Å². The lowest BCUT2D eigenvalue weighted by Gasteiger charge is -2.22. The Morgan fingerprint density at radius 3 is 2.42 bits per heavy atom. The van der Waals surface area contributed by atoms with Crippen molar-refractivity contribution in [1.82, 2.24) is 10.2 Å². The summed E-state index contributed by atoms with van der Waals surface area (Å²) in [5, 5.41) is 5.83. The summed E-state index contributed by atoms with van der Waals surface area (Å²) < 4.78 is 5.64. The van der Waals surface area contributed by atoms with Crippen LogP contribution in [0.3, 0.4) is 0 Å². The van der Waals surface area contributed by atoms with Crippen molar-refractivity contribution in [2.24, 2.45) is 0 Å². The largest absolute Gasteiger partial charge is 0.491 e. The number of hydrogen-bond acceptors (Lipinski definition) is 4. The Morgan fingerprint density at radius 2 is 1.71 bits per heavy atom. The van der Waals surface area contributed by atoms with Crippen LogP contribution in [0.15, 0.2) is 48.5 Å². The van der Waals surface area contributed by atoms with E-state index in [1.54, 1.807) is 36.4 Å². The second-order valence-corrected chi connectivity index (χ2v) is 8.26. The summed E-state index contributed by atoms with van der Waals surface area (Å²) >= 11 is 5.34. The monoisotopic (exact) mass is 439 g/mol. The summed E-state index contributed by atoms with van der Waals surface area (Å²) in [5.74, 6) is 0.260. The normalized spacial score (nSPS) is 14.0. The third-order valence-corrected chi connectivity index (χ3v) is 5.20. The van der Waals surface area contributed by atoms with E-state index in [-0.39, 0.29) is 23.0 Å². The van der Waals surface area contributed by atoms with E-state index in [4.69, 9.17) is 17.0 Å². The molecule has 0 spiro atoms. The molecular weight excluding hydrogens is 410 g/mol. The zero-order valence-electron chi connectivity index (χ0n) is 18.0. The van der Waals surface area contributed by atoms with E-state index in [2.05, 4.69) is 10.6 Å². The Kier molecular flexibility index (Phi) is 8.00. The van der Waals surface area contributed by atoms with Crippen molar-refractivity contribution in [2.75, 3.05) is 18.4 Å². The maximum absolute atomic E-state index is 13.1. The minimum Gasteiger partial charge on any atom is -0.491 e. The molecule has 31 heavy (non-hydrogen) atoms. The number of ether oxygens (including phenoxy) is 1. The molecule has 6 nitrogen and oxygen atoms in total. The first kappa shape index (κ1) is 22.7. The van der Waals surface area contributed by atoms with Crippen LogP contribution in [0.2, 0.25) is 0 Å². The van der Waals surface area contributed by atoms with Crippen LogP contribution < -0.4 is 15.4 Å². The molecule has 0 aromatic heterocycles. The van der Waals surface area contributed by atoms with Crippen LogP contribution >= 0.6 is 12.2 Å². The molecule has 3 rings (SSSR count). The van der Waals surface area contributed by atoms with Gasteiger partial charge in [-0.15, -0.1) is 0 Å². The first-order chi connectivity index (χ1) is 14.9. The number of rotatable bonds is 5. The molecule has 1 saturated heterocycles. The summed E-state index contributed by atoms with van der Waals surface area (Å²) in [6.07, 6.45) is 4.37. The van der Waals surface area contributed by atoms with Gasteiger partial charge in [-0.25, -0.2) is 0 Å². The topological polar surface area (TPSA) is 70.7 Å². The standard InChI is InChI=1S/C24H29N3O3S/c1-17(2)30-19-11-9-10-18(16-19)22(28)26-24(31)25-21-13-6-5-12-20(21)23(29)27-14-7-3-4-8-15-27/h5-6,9-13,16-17H,3-4,7-8,14-15H2,1-2H3,(H2,25,26,28,31). The van der Waals surface area contributed by atoms with Crippen LogP contribution in [-0.2, 0) is 0 Å². The molecule has 1 aliphatic heterocycles. The molecule has 0 aliphatic carbocycles. The SMILES string of the molecule is CC(C)Oc1cccc(C(=O)NC(=S)Nc2ccccc2C(=O)N2CCCCCC2)c1. The molecule has 2 aromatic carbocycles. The number of nitrogens with zero attached hydrogens (tertiary/aromatic N) is 1. The van der Waals surface area contributed by atoms with E-state index < -0.39 is 0 Å². The molecule has 0 saturated carbocycles. The second-order valence-electron chi connectivity index (χ2n) is 7.85. The summed E-state index contributed by atoms with van der Waals surface area (Å²) in [4.78, 5) is 27.6. The van der Waals surface area contributed by atoms with E-state index in [0.29, 0.717) is 22.6 Å². The summed E-state index contributed by atoms with van der Waals surface area (Å²) in [7, 11) is 0. The summed E-state index contributed by atoms with van der Waals surface area (Å²) in [6.45, 7) is 5.39. The number of anilines is 1. The molecule has 7 heteroatoms. The van der Waals surface area contributed by atoms with Gasteiger partial charge in [0.25, 0.3) is 11.8 Å². The molecule has 0 atom stereocenters. The predicted octanol–water partition coefficient (Wildman–Crippen LogP) is 4.62. The van der Waals surface area contributed by atoms with Gasteiger partial charge in [0.05, 0.1) is 17.4 Å². The number of carbonyl (C=O) groups excluding carboxylic acids is 2. The summed E-state index contributed by atoms with van der Waals surface area (Å²) in [5.41, 5.74) is 1.57. The predicted molar refractivity (Wildman–Crippen MR) is 127 cm³/mol. The molecule has 0 bridgehead atoms. The number of amides is 2. The fraction of sp³-hybridized carbons (Fsp3) is 0.375. The van der Waals surface area contributed by atoms with Gasteiger partial charge in [-0.3, -0.25) is 14.9 Å². The van der Waals surface area contributed by atoms with Gasteiger partial charge in [0.15, 0.2) is 5.11 Å². The fourth-order valence-corrected chi connectivity index (χ4v) is 3.74. The molecule has 2 amide bonds. The Morgan fingerprint density at radius 1 is 1.00 bits per heavy atom. The Balaban J connectivity index is 1.67. The zero-order chi connectivity index (χ0) is 22.2. The molecule has 2 aromatic rings. The quantitative estimate of drug-likeness (QED) is 0.666. The van der Waals surface area contributed by atoms with Crippen molar-refractivity contribution in [3.8, 4) is 5.75 Å². The first-order valence-corrected chi connectivity index (χ1v) is 11.1. The molecule has 1 fully saturated rings. The van der Waals surface area contributed by atoms with Crippen LogP contribution in [-0.4, -0.2) is 41.0 Å². The Hall–Kier alpha value is -2.93. The average Bonchev–Trinajstić information content (AvgIpc) is 3.03. The minimum absolute atomic E-state index is 0.0132. The van der Waals surface area contributed by atoms with Crippen LogP contribution in [0, 0.1) is 0 Å². The molecule has 0 unspecified atom stereocenters. The van der Waals surface area contributed by atoms with E-state index in [1.807, 2.05) is 30.9 Å². The van der Waals surface area contributed by atoms with Crippen molar-refractivity contribution in [3.63, 3.8) is 0 Å². The van der Waals surface area contributed by atoms with Crippen molar-refractivity contribution >= 4 is 34.8 Å². The zero-order valence-corrected chi connectivity index (χ0v) is 18.8. The van der Waals surface area contributed by atoms with Crippen LogP contribution in [0.4, 0.5) is 5.69 Å². The molecule has 1 aliphatic rings. The number of nitrogens with one attached hydrogen (secondary N) is 2. The average molecular weight is 440 g/mol. The highest BCUT2D eigenvalue weighted by atomic mass is 32.1. The fourth-order valence-electron chi connectivity index (χ4n) is 3.53. The van der Waals surface area contributed by atoms with Crippen molar-refractivity contribution < 1.29 is 14.3 Å². The minimum atomic E-state index is -0.344. The van der Waals surface area contributed by atoms with Gasteiger partial charge < -0.3 is 15.0 Å². The van der Waals surface area contributed by atoms with E-state index in [0.717, 1.165) is 38.8 Å². The molecule has 164 valence electrons. The second kappa shape index (κ2) is 10.9.